The Morgan fingerprint density at radius 3 is 1.01 bits per heavy atom. The van der Waals surface area contributed by atoms with Gasteiger partial charge in [0.15, 0.2) is 0 Å². The Labute approximate surface area is 416 Å². The summed E-state index contributed by atoms with van der Waals surface area (Å²) in [5.74, 6) is 0. The van der Waals surface area contributed by atoms with E-state index in [4.69, 9.17) is 0 Å². The standard InChI is InChI=1S/C63H42B5N3/c1-37-33-38(2)57(39(3)34-37)65-42-22-8-7-21-41(42)64(40-19-5-4-6-20-40)48-35-50-56(36-49(48)65)71-55-32-18-12-26-46(55)67-45-25-11-15-29-52(45)69-51-28-14-9-23-43(51)66-44-24-10-16-30-53(44)70-54-31-17-13-27-47(54)68(50)60-62(70)58(66)61(69)59(67)63(60)71/h4-36H,1-3H3. The molecule has 0 saturated carbocycles. The highest BCUT2D eigenvalue weighted by Crippen LogP contribution is 2.51. The van der Waals surface area contributed by atoms with Crippen LogP contribution in [0, 0.1) is 20.8 Å². The molecular weight excluding hydrogens is 853 g/mol. The lowest BCUT2D eigenvalue weighted by Gasteiger charge is -2.56. The number of nitrogens with zero attached hydrogens (tertiary/aromatic N) is 3. The van der Waals surface area contributed by atoms with Gasteiger partial charge in [-0.15, -0.1) is 0 Å². The molecule has 0 bridgehead atoms. The van der Waals surface area contributed by atoms with Gasteiger partial charge in [-0.1, -0.05) is 213 Å². The number of hydrogen-bond donors (Lipinski definition) is 0. The van der Waals surface area contributed by atoms with Gasteiger partial charge in [-0.25, -0.2) is 0 Å². The summed E-state index contributed by atoms with van der Waals surface area (Å²) in [5, 5.41) is 0. The number of anilines is 9. The van der Waals surface area contributed by atoms with E-state index >= 15 is 0 Å². The SMILES string of the molecule is Cc1cc(C)c(B2c3ccccc3B(c3ccccc3)c3cc4c(cc32)N2c3ccccc3B3c5ccccc5N5c6ccccc6B6c7ccccc7N7c8ccccc8B4c4c7c6c5c3c42)c(C)c1. The van der Waals surface area contributed by atoms with Crippen LogP contribution >= 0.6 is 0 Å². The monoisotopic (exact) mass is 895 g/mol. The molecule has 7 aliphatic rings. The summed E-state index contributed by atoms with van der Waals surface area (Å²) in [6.45, 7) is 7.14. The minimum Gasteiger partial charge on any atom is -0.312 e. The Bertz CT molecular complexity index is 4030. The predicted molar refractivity (Wildman–Crippen MR) is 307 cm³/mol. The first-order valence-corrected chi connectivity index (χ1v) is 25.5. The lowest BCUT2D eigenvalue weighted by atomic mass is 9.19. The Kier molecular flexibility index (Phi) is 7.43. The Morgan fingerprint density at radius 2 is 0.577 bits per heavy atom. The number of fused-ring (bicyclic) bond motifs is 20. The summed E-state index contributed by atoms with van der Waals surface area (Å²) in [4.78, 5) is 8.12. The van der Waals surface area contributed by atoms with Crippen molar-refractivity contribution in [3.05, 3.63) is 217 Å². The van der Waals surface area contributed by atoms with E-state index in [1.54, 1.807) is 0 Å². The van der Waals surface area contributed by atoms with Crippen LogP contribution in [0.3, 0.4) is 0 Å². The lowest BCUT2D eigenvalue weighted by molar-refractivity contribution is 1.23. The smallest absolute Gasteiger partial charge is 0.252 e. The largest absolute Gasteiger partial charge is 0.312 e. The number of aryl methyl sites for hydroxylation is 3. The molecule has 0 atom stereocenters. The maximum atomic E-state index is 2.76. The van der Waals surface area contributed by atoms with E-state index in [-0.39, 0.29) is 33.6 Å². The van der Waals surface area contributed by atoms with E-state index in [0.717, 1.165) is 0 Å². The average Bonchev–Trinajstić information content (AvgIpc) is 3.42. The predicted octanol–water partition coefficient (Wildman–Crippen LogP) is 3.80. The molecule has 0 aromatic heterocycles. The van der Waals surface area contributed by atoms with E-state index in [2.05, 4.69) is 236 Å². The van der Waals surface area contributed by atoms with Gasteiger partial charge < -0.3 is 14.7 Å². The van der Waals surface area contributed by atoms with Crippen molar-refractivity contribution < 1.29 is 0 Å². The van der Waals surface area contributed by atoms with Crippen molar-refractivity contribution in [3.8, 4) is 0 Å². The van der Waals surface area contributed by atoms with Gasteiger partial charge in [-0.05, 0) is 106 Å². The second-order valence-electron chi connectivity index (χ2n) is 21.1. The van der Waals surface area contributed by atoms with Crippen LogP contribution in [0.4, 0.5) is 51.2 Å². The number of para-hydroxylation sites is 5. The number of rotatable bonds is 2. The zero-order chi connectivity index (χ0) is 46.5. The molecule has 7 heterocycles. The Balaban J connectivity index is 1.07. The molecule has 10 aromatic carbocycles. The highest BCUT2D eigenvalue weighted by Gasteiger charge is 2.57. The highest BCUT2D eigenvalue weighted by molar-refractivity contribution is 7.13. The topological polar surface area (TPSA) is 9.72 Å². The van der Waals surface area contributed by atoms with Crippen molar-refractivity contribution in [3.63, 3.8) is 0 Å². The fraction of sp³-hybridized carbons (Fsp3) is 0.0476. The third-order valence-electron chi connectivity index (χ3n) is 17.7. The summed E-state index contributed by atoms with van der Waals surface area (Å²) in [6.07, 6.45) is 0. The fourth-order valence-electron chi connectivity index (χ4n) is 15.4. The molecule has 8 heteroatoms. The minimum absolute atomic E-state index is 0.0138. The van der Waals surface area contributed by atoms with Crippen LogP contribution in [0.1, 0.15) is 16.7 Å². The number of hydrogen-bond acceptors (Lipinski definition) is 3. The van der Waals surface area contributed by atoms with Crippen molar-refractivity contribution in [2.45, 2.75) is 20.8 Å². The third-order valence-corrected chi connectivity index (χ3v) is 17.7. The van der Waals surface area contributed by atoms with Gasteiger partial charge in [0, 0.05) is 51.2 Å². The molecule has 17 rings (SSSR count). The zero-order valence-electron chi connectivity index (χ0n) is 39.8. The van der Waals surface area contributed by atoms with Crippen LogP contribution in [0.5, 0.6) is 0 Å². The first-order valence-electron chi connectivity index (χ1n) is 25.5. The van der Waals surface area contributed by atoms with E-state index in [9.17, 15) is 0 Å². The number of benzene rings is 10. The molecule has 10 aromatic rings. The summed E-state index contributed by atoms with van der Waals surface area (Å²) < 4.78 is 0. The van der Waals surface area contributed by atoms with Crippen molar-refractivity contribution >= 4 is 167 Å². The van der Waals surface area contributed by atoms with Crippen LogP contribution in [0.2, 0.25) is 0 Å². The van der Waals surface area contributed by atoms with Gasteiger partial charge in [0.25, 0.3) is 20.1 Å². The van der Waals surface area contributed by atoms with Crippen LogP contribution in [-0.2, 0) is 0 Å². The molecule has 0 amide bonds. The zero-order valence-corrected chi connectivity index (χ0v) is 39.8. The van der Waals surface area contributed by atoms with Gasteiger partial charge >= 0.3 is 0 Å². The molecule has 0 N–H and O–H groups in total. The van der Waals surface area contributed by atoms with Gasteiger partial charge in [0.05, 0.1) is 0 Å². The first-order chi connectivity index (χ1) is 35.0. The van der Waals surface area contributed by atoms with Crippen LogP contribution in [-0.4, -0.2) is 33.6 Å². The fourth-order valence-corrected chi connectivity index (χ4v) is 15.4. The van der Waals surface area contributed by atoms with Crippen molar-refractivity contribution in [1.82, 2.24) is 0 Å². The highest BCUT2D eigenvalue weighted by atomic mass is 15.2. The average molecular weight is 895 g/mol. The van der Waals surface area contributed by atoms with E-state index < -0.39 is 0 Å². The third kappa shape index (κ3) is 4.68. The molecule has 0 spiro atoms. The molecule has 0 fully saturated rings. The summed E-state index contributed by atoms with van der Waals surface area (Å²) in [7, 11) is 0. The van der Waals surface area contributed by atoms with Gasteiger partial charge in [0.1, 0.15) is 0 Å². The Hall–Kier alpha value is -8.08. The van der Waals surface area contributed by atoms with Crippen LogP contribution in [0.15, 0.2) is 200 Å². The second kappa shape index (κ2) is 13.6. The second-order valence-corrected chi connectivity index (χ2v) is 21.1. The quantitative estimate of drug-likeness (QED) is 0.245. The molecule has 3 nitrogen and oxygen atoms in total. The summed E-state index contributed by atoms with van der Waals surface area (Å²) >= 11 is 0. The maximum absolute atomic E-state index is 2.76. The van der Waals surface area contributed by atoms with Gasteiger partial charge in [-0.2, -0.15) is 0 Å². The van der Waals surface area contributed by atoms with Gasteiger partial charge in [0.2, 0.25) is 13.4 Å². The minimum atomic E-state index is -0.0138. The summed E-state index contributed by atoms with van der Waals surface area (Å²) in [5.41, 5.74) is 36.7. The molecule has 71 heavy (non-hydrogen) atoms. The molecule has 0 aliphatic carbocycles. The molecule has 0 unspecified atom stereocenters. The van der Waals surface area contributed by atoms with Gasteiger partial charge in [-0.3, -0.25) is 0 Å². The molecule has 0 saturated heterocycles. The van der Waals surface area contributed by atoms with E-state index in [1.807, 2.05) is 0 Å². The molecule has 324 valence electrons. The normalized spacial score (nSPS) is 14.7. The van der Waals surface area contributed by atoms with Crippen molar-refractivity contribution in [2.75, 3.05) is 14.7 Å². The maximum Gasteiger partial charge on any atom is 0.252 e. The van der Waals surface area contributed by atoms with Crippen molar-refractivity contribution in [2.24, 2.45) is 0 Å². The first kappa shape index (κ1) is 38.7. The Morgan fingerprint density at radius 1 is 0.254 bits per heavy atom. The van der Waals surface area contributed by atoms with Crippen LogP contribution in [0.25, 0.3) is 0 Å². The van der Waals surface area contributed by atoms with E-state index in [1.165, 1.54) is 150 Å². The molecular formula is C63H42B5N3. The lowest BCUT2D eigenvalue weighted by Crippen LogP contribution is -2.77. The van der Waals surface area contributed by atoms with Crippen LogP contribution < -0.4 is 96.6 Å². The molecule has 7 aliphatic heterocycles. The van der Waals surface area contributed by atoms with E-state index in [0.29, 0.717) is 0 Å². The van der Waals surface area contributed by atoms with Crippen molar-refractivity contribution in [1.29, 1.82) is 0 Å². The summed E-state index contributed by atoms with van der Waals surface area (Å²) in [6, 6.07) is 77.7. The molecule has 0 radical (unpaired) electrons.